The first-order valence-corrected chi connectivity index (χ1v) is 16.7. The van der Waals surface area contributed by atoms with E-state index in [9.17, 15) is 14.7 Å². The van der Waals surface area contributed by atoms with Crippen molar-refractivity contribution in [2.24, 2.45) is 7.05 Å². The average molecular weight is 655 g/mol. The zero-order chi connectivity index (χ0) is 32.9. The van der Waals surface area contributed by atoms with Gasteiger partial charge in [-0.15, -0.1) is 0 Å². The minimum Gasteiger partial charge on any atom is -0.392 e. The number of nitrogens with zero attached hydrogens (tertiary/aromatic N) is 7. The predicted octanol–water partition coefficient (Wildman–Crippen LogP) is 3.08. The fourth-order valence-electron chi connectivity index (χ4n) is 7.54. The van der Waals surface area contributed by atoms with Crippen LogP contribution in [-0.2, 0) is 37.8 Å². The molecule has 0 unspecified atom stereocenters. The van der Waals surface area contributed by atoms with Crippen LogP contribution in [0.5, 0.6) is 0 Å². The monoisotopic (exact) mass is 654 g/mol. The minimum absolute atomic E-state index is 0.207. The van der Waals surface area contributed by atoms with Gasteiger partial charge in [0.25, 0.3) is 11.5 Å². The topological polar surface area (TPSA) is 121 Å². The van der Waals surface area contributed by atoms with E-state index in [-0.39, 0.29) is 17.2 Å². The normalized spacial score (nSPS) is 18.4. The molecule has 13 heteroatoms. The van der Waals surface area contributed by atoms with E-state index in [2.05, 4.69) is 29.7 Å². The Hall–Kier alpha value is -4.59. The first-order chi connectivity index (χ1) is 23.4. The van der Waals surface area contributed by atoms with Gasteiger partial charge in [0, 0.05) is 69.3 Å². The third-order valence-electron chi connectivity index (χ3n) is 10.2. The van der Waals surface area contributed by atoms with Crippen molar-refractivity contribution in [3.8, 4) is 11.1 Å². The number of fused-ring (bicyclic) bond motifs is 3. The molecule has 8 rings (SSSR count). The molecule has 0 atom stereocenters. The molecule has 3 aromatic heterocycles. The molecule has 0 radical (unpaired) electrons. The summed E-state index contributed by atoms with van der Waals surface area (Å²) in [6, 6.07) is 6.76. The van der Waals surface area contributed by atoms with Gasteiger partial charge in [-0.3, -0.25) is 14.5 Å². The van der Waals surface area contributed by atoms with Gasteiger partial charge in [0.2, 0.25) is 0 Å². The number of halogens is 1. The number of aryl methyl sites for hydroxylation is 2. The van der Waals surface area contributed by atoms with Crippen LogP contribution in [0.3, 0.4) is 0 Å². The Balaban J connectivity index is 1.06. The van der Waals surface area contributed by atoms with Gasteiger partial charge >= 0.3 is 0 Å². The van der Waals surface area contributed by atoms with E-state index >= 15 is 4.39 Å². The van der Waals surface area contributed by atoms with Gasteiger partial charge in [0.1, 0.15) is 28.8 Å². The Morgan fingerprint density at radius 1 is 0.979 bits per heavy atom. The molecule has 2 N–H and O–H groups in total. The molecule has 0 bridgehead atoms. The van der Waals surface area contributed by atoms with Crippen molar-refractivity contribution in [2.45, 2.75) is 44.9 Å². The molecule has 1 aromatic carbocycles. The Morgan fingerprint density at radius 3 is 2.52 bits per heavy atom. The lowest BCUT2D eigenvalue weighted by Crippen LogP contribution is -2.56. The molecule has 0 saturated carbocycles. The number of rotatable bonds is 7. The highest BCUT2D eigenvalue weighted by molar-refractivity contribution is 6.07. The van der Waals surface area contributed by atoms with E-state index in [0.717, 1.165) is 70.9 Å². The molecule has 12 nitrogen and oxygen atoms in total. The number of hydrogen-bond donors (Lipinski definition) is 2. The molecule has 2 fully saturated rings. The standard InChI is InChI=1S/C35H39FN8O4/c1-40-18-23(12-28(34(40)46)39-32-16-38-33(17-37-32)42-8-6-41(7-9-42)25-20-48-21-25)26-14-24(36)15-30(27(26)19-45)44-11-10-43-29-5-3-2-4-22(29)13-31(43)35(44)47/h12-18,25,45H,2-11,19-21H2,1H3,(H,37,39). The lowest BCUT2D eigenvalue weighted by atomic mass is 9.97. The molecule has 0 spiro atoms. The number of aromatic nitrogens is 4. The Morgan fingerprint density at radius 2 is 1.79 bits per heavy atom. The number of pyridine rings is 1. The number of aliphatic hydroxyl groups is 1. The van der Waals surface area contributed by atoms with Crippen molar-refractivity contribution in [1.29, 1.82) is 0 Å². The van der Waals surface area contributed by atoms with Gasteiger partial charge in [0.15, 0.2) is 0 Å². The third kappa shape index (κ3) is 5.45. The number of amides is 1. The van der Waals surface area contributed by atoms with Crippen LogP contribution in [0, 0.1) is 5.82 Å². The predicted molar refractivity (Wildman–Crippen MR) is 179 cm³/mol. The van der Waals surface area contributed by atoms with Crippen LogP contribution in [0.15, 0.2) is 47.7 Å². The van der Waals surface area contributed by atoms with Crippen molar-refractivity contribution in [3.63, 3.8) is 0 Å². The SMILES string of the molecule is Cn1cc(-c2cc(F)cc(N3CCn4c(cc5c4CCCC5)C3=O)c2CO)cc(Nc2cnc(N3CCN(C4COC4)CC3)cn2)c1=O. The Kier molecular flexibility index (Phi) is 7.97. The van der Waals surface area contributed by atoms with Gasteiger partial charge in [-0.05, 0) is 61.1 Å². The lowest BCUT2D eigenvalue weighted by molar-refractivity contribution is -0.0661. The number of nitrogens with one attached hydrogen (secondary N) is 1. The summed E-state index contributed by atoms with van der Waals surface area (Å²) in [5.41, 5.74) is 4.61. The molecular weight excluding hydrogens is 615 g/mol. The van der Waals surface area contributed by atoms with Crippen molar-refractivity contribution in [2.75, 3.05) is 61.1 Å². The van der Waals surface area contributed by atoms with Gasteiger partial charge < -0.3 is 34.1 Å². The highest BCUT2D eigenvalue weighted by Gasteiger charge is 2.33. The van der Waals surface area contributed by atoms with Crippen LogP contribution >= 0.6 is 0 Å². The van der Waals surface area contributed by atoms with E-state index in [0.29, 0.717) is 53.0 Å². The van der Waals surface area contributed by atoms with E-state index in [1.807, 2.05) is 6.07 Å². The maximum absolute atomic E-state index is 15.4. The molecule has 250 valence electrons. The molecule has 4 aliphatic rings. The summed E-state index contributed by atoms with van der Waals surface area (Å²) >= 11 is 0. The summed E-state index contributed by atoms with van der Waals surface area (Å²) in [6.45, 7) is 5.73. The fraction of sp³-hybridized carbons (Fsp3) is 0.429. The molecule has 48 heavy (non-hydrogen) atoms. The number of anilines is 4. The number of hydrogen-bond acceptors (Lipinski definition) is 9. The second kappa shape index (κ2) is 12.5. The highest BCUT2D eigenvalue weighted by Crippen LogP contribution is 2.37. The molecule has 4 aromatic rings. The summed E-state index contributed by atoms with van der Waals surface area (Å²) in [5.74, 6) is 0.412. The largest absolute Gasteiger partial charge is 0.392 e. The first-order valence-electron chi connectivity index (χ1n) is 16.7. The van der Waals surface area contributed by atoms with Crippen LogP contribution in [0.4, 0.5) is 27.4 Å². The smallest absolute Gasteiger partial charge is 0.274 e. The second-order valence-corrected chi connectivity index (χ2v) is 13.1. The number of benzene rings is 1. The van der Waals surface area contributed by atoms with E-state index in [4.69, 9.17) is 4.74 Å². The quantitative estimate of drug-likeness (QED) is 0.310. The summed E-state index contributed by atoms with van der Waals surface area (Å²) in [6.07, 6.45) is 9.04. The van der Waals surface area contributed by atoms with Crippen LogP contribution in [0.1, 0.15) is 40.2 Å². The number of carbonyl (C=O) groups is 1. The minimum atomic E-state index is -0.545. The maximum atomic E-state index is 15.4. The van der Waals surface area contributed by atoms with Gasteiger partial charge in [-0.2, -0.15) is 0 Å². The summed E-state index contributed by atoms with van der Waals surface area (Å²) in [7, 11) is 1.62. The summed E-state index contributed by atoms with van der Waals surface area (Å²) in [4.78, 5) is 42.4. The van der Waals surface area contributed by atoms with Crippen molar-refractivity contribution in [1.82, 2.24) is 24.0 Å². The zero-order valence-corrected chi connectivity index (χ0v) is 27.0. The van der Waals surface area contributed by atoms with Gasteiger partial charge in [0.05, 0.1) is 43.9 Å². The molecule has 2 saturated heterocycles. The van der Waals surface area contributed by atoms with Crippen LogP contribution in [0.2, 0.25) is 0 Å². The summed E-state index contributed by atoms with van der Waals surface area (Å²) < 4.78 is 24.2. The van der Waals surface area contributed by atoms with Gasteiger partial charge in [-0.25, -0.2) is 14.4 Å². The van der Waals surface area contributed by atoms with Crippen LogP contribution in [-0.4, -0.2) is 87.0 Å². The molecule has 1 aliphatic carbocycles. The van der Waals surface area contributed by atoms with Gasteiger partial charge in [-0.1, -0.05) is 0 Å². The number of piperazine rings is 1. The summed E-state index contributed by atoms with van der Waals surface area (Å²) in [5, 5.41) is 13.7. The Bertz CT molecular complexity index is 1930. The first kappa shape index (κ1) is 30.7. The number of ether oxygens (including phenoxy) is 1. The fourth-order valence-corrected chi connectivity index (χ4v) is 7.54. The average Bonchev–Trinajstić information content (AvgIpc) is 3.46. The van der Waals surface area contributed by atoms with E-state index < -0.39 is 12.4 Å². The number of aliphatic hydroxyl groups excluding tert-OH is 1. The van der Waals surface area contributed by atoms with Crippen molar-refractivity contribution in [3.05, 3.63) is 81.5 Å². The maximum Gasteiger partial charge on any atom is 0.274 e. The second-order valence-electron chi connectivity index (χ2n) is 13.1. The zero-order valence-electron chi connectivity index (χ0n) is 27.0. The molecular formula is C35H39FN8O4. The Labute approximate surface area is 277 Å². The van der Waals surface area contributed by atoms with Crippen LogP contribution < -0.4 is 20.7 Å². The van der Waals surface area contributed by atoms with E-state index in [1.165, 1.54) is 28.0 Å². The van der Waals surface area contributed by atoms with Crippen molar-refractivity contribution >= 4 is 28.9 Å². The molecule has 6 heterocycles. The van der Waals surface area contributed by atoms with Crippen LogP contribution in [0.25, 0.3) is 11.1 Å². The van der Waals surface area contributed by atoms with Crippen molar-refractivity contribution < 1.29 is 19.0 Å². The molecule has 1 amide bonds. The third-order valence-corrected chi connectivity index (χ3v) is 10.2. The molecule has 3 aliphatic heterocycles. The number of carbonyl (C=O) groups excluding carboxylic acids is 1. The highest BCUT2D eigenvalue weighted by atomic mass is 19.1. The lowest BCUT2D eigenvalue weighted by Gasteiger charge is -2.42. The van der Waals surface area contributed by atoms with E-state index in [1.54, 1.807) is 36.6 Å².